The lowest BCUT2D eigenvalue weighted by Gasteiger charge is -2.23. The van der Waals surface area contributed by atoms with Crippen LogP contribution in [0.3, 0.4) is 0 Å². The molecule has 0 atom stereocenters. The van der Waals surface area contributed by atoms with E-state index in [1.54, 1.807) is 0 Å². The summed E-state index contributed by atoms with van der Waals surface area (Å²) >= 11 is 0. The molecule has 1 nitrogen and oxygen atoms in total. The first-order chi connectivity index (χ1) is 12.1. The van der Waals surface area contributed by atoms with Crippen molar-refractivity contribution < 1.29 is 0 Å². The normalized spacial score (nSPS) is 11.0. The molecule has 0 radical (unpaired) electrons. The second-order valence-electron chi connectivity index (χ2n) is 7.11. The molecule has 25 heavy (non-hydrogen) atoms. The van der Waals surface area contributed by atoms with Gasteiger partial charge in [0, 0.05) is 19.6 Å². The van der Waals surface area contributed by atoms with E-state index in [-0.39, 0.29) is 0 Å². The lowest BCUT2D eigenvalue weighted by molar-refractivity contribution is 0.247. The highest BCUT2D eigenvalue weighted by Gasteiger charge is 2.09. The maximum atomic E-state index is 2.53. The molecule has 0 aromatic heterocycles. The Hall–Kier alpha value is -2.38. The maximum Gasteiger partial charge on any atom is 0.0240 e. The second kappa shape index (κ2) is 8.13. The standard InChI is InChI=1S/C24H27N/c1-19-7-4-10-22(13-19)16-25(17-23-11-5-8-20(2)14-23)18-24-12-6-9-21(3)15-24/h4-15H,16-18H2,1-3H3. The van der Waals surface area contributed by atoms with Crippen molar-refractivity contribution in [3.8, 4) is 0 Å². The van der Waals surface area contributed by atoms with Crippen molar-refractivity contribution in [1.29, 1.82) is 0 Å². The molecule has 0 aliphatic heterocycles. The molecule has 1 heteroatoms. The van der Waals surface area contributed by atoms with Crippen LogP contribution in [0.4, 0.5) is 0 Å². The third-order valence-corrected chi connectivity index (χ3v) is 4.47. The third kappa shape index (κ3) is 5.30. The van der Waals surface area contributed by atoms with Crippen LogP contribution >= 0.6 is 0 Å². The van der Waals surface area contributed by atoms with Crippen molar-refractivity contribution in [1.82, 2.24) is 4.90 Å². The average molecular weight is 329 g/mol. The molecule has 0 aliphatic rings. The minimum atomic E-state index is 0.962. The Kier molecular flexibility index (Phi) is 5.67. The van der Waals surface area contributed by atoms with Gasteiger partial charge in [-0.15, -0.1) is 0 Å². The first kappa shape index (κ1) is 17.4. The molecule has 0 amide bonds. The van der Waals surface area contributed by atoms with Crippen molar-refractivity contribution in [2.45, 2.75) is 40.4 Å². The van der Waals surface area contributed by atoms with Gasteiger partial charge in [-0.05, 0) is 37.5 Å². The highest BCUT2D eigenvalue weighted by atomic mass is 15.1. The van der Waals surface area contributed by atoms with Crippen molar-refractivity contribution in [3.63, 3.8) is 0 Å². The average Bonchev–Trinajstić information content (AvgIpc) is 2.55. The number of hydrogen-bond acceptors (Lipinski definition) is 1. The van der Waals surface area contributed by atoms with Gasteiger partial charge in [-0.1, -0.05) is 89.5 Å². The van der Waals surface area contributed by atoms with Crippen LogP contribution in [0.1, 0.15) is 33.4 Å². The smallest absolute Gasteiger partial charge is 0.0240 e. The van der Waals surface area contributed by atoms with Crippen LogP contribution in [0, 0.1) is 20.8 Å². The Labute approximate surface area is 151 Å². The molecule has 0 saturated heterocycles. The predicted molar refractivity (Wildman–Crippen MR) is 106 cm³/mol. The van der Waals surface area contributed by atoms with Gasteiger partial charge in [-0.3, -0.25) is 4.90 Å². The molecular formula is C24H27N. The van der Waals surface area contributed by atoms with Crippen molar-refractivity contribution in [3.05, 3.63) is 106 Å². The van der Waals surface area contributed by atoms with Gasteiger partial charge in [-0.25, -0.2) is 0 Å². The summed E-state index contributed by atoms with van der Waals surface area (Å²) in [6, 6.07) is 26.5. The lowest BCUT2D eigenvalue weighted by atomic mass is 10.1. The minimum Gasteiger partial charge on any atom is -0.291 e. The number of aryl methyl sites for hydroxylation is 3. The molecule has 3 rings (SSSR count). The van der Waals surface area contributed by atoms with Crippen LogP contribution in [-0.2, 0) is 19.6 Å². The van der Waals surface area contributed by atoms with Crippen LogP contribution in [-0.4, -0.2) is 4.90 Å². The maximum absolute atomic E-state index is 2.53. The fourth-order valence-corrected chi connectivity index (χ4v) is 3.37. The van der Waals surface area contributed by atoms with Gasteiger partial charge in [0.1, 0.15) is 0 Å². The summed E-state index contributed by atoms with van der Waals surface area (Å²) in [6.07, 6.45) is 0. The molecule has 0 aliphatic carbocycles. The zero-order valence-corrected chi connectivity index (χ0v) is 15.5. The molecule has 128 valence electrons. The van der Waals surface area contributed by atoms with Crippen molar-refractivity contribution >= 4 is 0 Å². The molecule has 3 aromatic rings. The van der Waals surface area contributed by atoms with Crippen molar-refractivity contribution in [2.24, 2.45) is 0 Å². The Balaban J connectivity index is 1.82. The Morgan fingerprint density at radius 3 is 1.12 bits per heavy atom. The molecule has 0 fully saturated rings. The molecule has 0 spiro atoms. The van der Waals surface area contributed by atoms with E-state index in [1.807, 2.05) is 0 Å². The van der Waals surface area contributed by atoms with Crippen LogP contribution in [0.5, 0.6) is 0 Å². The quantitative estimate of drug-likeness (QED) is 0.551. The first-order valence-electron chi connectivity index (χ1n) is 8.97. The highest BCUT2D eigenvalue weighted by molar-refractivity contribution is 5.26. The van der Waals surface area contributed by atoms with E-state index < -0.39 is 0 Å². The molecular weight excluding hydrogens is 302 g/mol. The van der Waals surface area contributed by atoms with Gasteiger partial charge in [-0.2, -0.15) is 0 Å². The van der Waals surface area contributed by atoms with E-state index in [0.29, 0.717) is 0 Å². The number of rotatable bonds is 6. The van der Waals surface area contributed by atoms with Gasteiger partial charge in [0.2, 0.25) is 0 Å². The Morgan fingerprint density at radius 1 is 0.520 bits per heavy atom. The molecule has 0 bridgehead atoms. The van der Waals surface area contributed by atoms with Gasteiger partial charge < -0.3 is 0 Å². The summed E-state index contributed by atoms with van der Waals surface area (Å²) in [6.45, 7) is 9.37. The van der Waals surface area contributed by atoms with E-state index in [0.717, 1.165) is 19.6 Å². The Bertz CT molecular complexity index is 722. The minimum absolute atomic E-state index is 0.962. The summed E-state index contributed by atoms with van der Waals surface area (Å²) in [5, 5.41) is 0. The summed E-state index contributed by atoms with van der Waals surface area (Å²) < 4.78 is 0. The summed E-state index contributed by atoms with van der Waals surface area (Å²) in [5.41, 5.74) is 8.09. The van der Waals surface area contributed by atoms with E-state index in [2.05, 4.69) is 98.5 Å². The first-order valence-corrected chi connectivity index (χ1v) is 8.97. The van der Waals surface area contributed by atoms with E-state index in [9.17, 15) is 0 Å². The molecule has 0 unspecified atom stereocenters. The molecule has 0 heterocycles. The largest absolute Gasteiger partial charge is 0.291 e. The molecule has 0 saturated carbocycles. The number of nitrogens with zero attached hydrogens (tertiary/aromatic N) is 1. The van der Waals surface area contributed by atoms with Crippen LogP contribution in [0.15, 0.2) is 72.8 Å². The number of hydrogen-bond donors (Lipinski definition) is 0. The van der Waals surface area contributed by atoms with Crippen LogP contribution in [0.25, 0.3) is 0 Å². The van der Waals surface area contributed by atoms with Crippen LogP contribution in [0.2, 0.25) is 0 Å². The highest BCUT2D eigenvalue weighted by Crippen LogP contribution is 2.16. The van der Waals surface area contributed by atoms with Gasteiger partial charge in [0.15, 0.2) is 0 Å². The summed E-state index contributed by atoms with van der Waals surface area (Å²) in [4.78, 5) is 2.53. The monoisotopic (exact) mass is 329 g/mol. The lowest BCUT2D eigenvalue weighted by Crippen LogP contribution is -2.22. The second-order valence-corrected chi connectivity index (χ2v) is 7.11. The van der Waals surface area contributed by atoms with E-state index in [4.69, 9.17) is 0 Å². The summed E-state index contributed by atoms with van der Waals surface area (Å²) in [7, 11) is 0. The fraction of sp³-hybridized carbons (Fsp3) is 0.250. The van der Waals surface area contributed by atoms with Gasteiger partial charge >= 0.3 is 0 Å². The van der Waals surface area contributed by atoms with E-state index >= 15 is 0 Å². The van der Waals surface area contributed by atoms with E-state index in [1.165, 1.54) is 33.4 Å². The fourth-order valence-electron chi connectivity index (χ4n) is 3.37. The topological polar surface area (TPSA) is 3.24 Å². The van der Waals surface area contributed by atoms with Crippen LogP contribution < -0.4 is 0 Å². The zero-order valence-electron chi connectivity index (χ0n) is 15.5. The van der Waals surface area contributed by atoms with Gasteiger partial charge in [0.25, 0.3) is 0 Å². The summed E-state index contributed by atoms with van der Waals surface area (Å²) in [5.74, 6) is 0. The molecule has 3 aromatic carbocycles. The third-order valence-electron chi connectivity index (χ3n) is 4.47. The van der Waals surface area contributed by atoms with Crippen molar-refractivity contribution in [2.75, 3.05) is 0 Å². The number of benzene rings is 3. The SMILES string of the molecule is Cc1cccc(CN(Cc2cccc(C)c2)Cc2cccc(C)c2)c1. The zero-order chi connectivity index (χ0) is 17.6. The van der Waals surface area contributed by atoms with Gasteiger partial charge in [0.05, 0.1) is 0 Å². The Morgan fingerprint density at radius 2 is 0.840 bits per heavy atom. The molecule has 0 N–H and O–H groups in total. The predicted octanol–water partition coefficient (Wildman–Crippen LogP) is 5.81.